The molecule has 0 aromatic carbocycles. The molecule has 1 saturated heterocycles. The topological polar surface area (TPSA) is 107 Å². The summed E-state index contributed by atoms with van der Waals surface area (Å²) in [6.07, 6.45) is -0.793. The van der Waals surface area contributed by atoms with Gasteiger partial charge >= 0.3 is 0 Å². The minimum Gasteiger partial charge on any atom is -0.393 e. The summed E-state index contributed by atoms with van der Waals surface area (Å²) < 4.78 is 0. The molecule has 9 atom stereocenters. The molecule has 23 heavy (non-hydrogen) atoms. The Labute approximate surface area is 145 Å². The van der Waals surface area contributed by atoms with E-state index in [1.54, 1.807) is 4.90 Å². The third-order valence-corrected chi connectivity index (χ3v) is 6.91. The number of aliphatic hydroxyl groups excluding tert-OH is 3. The van der Waals surface area contributed by atoms with E-state index in [2.05, 4.69) is 0 Å². The average molecular weight is 367 g/mol. The van der Waals surface area contributed by atoms with Crippen molar-refractivity contribution in [3.05, 3.63) is 0 Å². The average Bonchev–Trinajstić information content (AvgIpc) is 3.02. The Morgan fingerprint density at radius 2 is 1.78 bits per heavy atom. The minimum absolute atomic E-state index is 0.0599. The molecule has 132 valence electrons. The van der Waals surface area contributed by atoms with Gasteiger partial charge in [0.25, 0.3) is 5.91 Å². The lowest BCUT2D eigenvalue weighted by Crippen LogP contribution is -2.49. The number of fused-ring (bicyclic) bond motifs is 1. The van der Waals surface area contributed by atoms with Crippen LogP contribution in [-0.4, -0.2) is 74.8 Å². The van der Waals surface area contributed by atoms with Gasteiger partial charge in [-0.15, -0.1) is 23.2 Å². The first-order valence-electron chi connectivity index (χ1n) is 8.14. The second-order valence-electron chi connectivity index (χ2n) is 7.16. The molecule has 0 aromatic rings. The fraction of sp³-hybridized carbons (Fsp3) is 0.933. The van der Waals surface area contributed by atoms with Crippen molar-refractivity contribution in [3.8, 4) is 0 Å². The third kappa shape index (κ3) is 3.22. The van der Waals surface area contributed by atoms with Crippen molar-refractivity contribution in [1.82, 2.24) is 4.90 Å². The Hall–Kier alpha value is -0.110. The quantitative estimate of drug-likeness (QED) is 0.495. The van der Waals surface area contributed by atoms with Crippen LogP contribution in [0, 0.1) is 23.7 Å². The van der Waals surface area contributed by atoms with Gasteiger partial charge < -0.3 is 26.0 Å². The summed E-state index contributed by atoms with van der Waals surface area (Å²) in [5.41, 5.74) is 6.40. The van der Waals surface area contributed by atoms with Gasteiger partial charge in [0.1, 0.15) is 0 Å². The summed E-state index contributed by atoms with van der Waals surface area (Å²) >= 11 is 12.3. The van der Waals surface area contributed by atoms with Gasteiger partial charge in [0.15, 0.2) is 6.10 Å². The third-order valence-electron chi connectivity index (χ3n) is 5.82. The zero-order valence-corrected chi connectivity index (χ0v) is 14.3. The Kier molecular flexibility index (Phi) is 5.12. The molecule has 2 saturated carbocycles. The second kappa shape index (κ2) is 6.65. The summed E-state index contributed by atoms with van der Waals surface area (Å²) in [6.45, 7) is 0.562. The van der Waals surface area contributed by atoms with E-state index in [1.165, 1.54) is 0 Å². The molecule has 0 aromatic heterocycles. The number of carbonyl (C=O) groups excluding carboxylic acids is 1. The molecule has 0 bridgehead atoms. The van der Waals surface area contributed by atoms with E-state index in [4.69, 9.17) is 34.0 Å². The van der Waals surface area contributed by atoms with Gasteiger partial charge in [0, 0.05) is 25.0 Å². The number of alkyl halides is 2. The van der Waals surface area contributed by atoms with E-state index in [0.717, 1.165) is 0 Å². The number of rotatable bonds is 4. The predicted molar refractivity (Wildman–Crippen MR) is 86.1 cm³/mol. The number of carbonyl (C=O) groups is 1. The van der Waals surface area contributed by atoms with Crippen LogP contribution in [0.15, 0.2) is 0 Å². The van der Waals surface area contributed by atoms with Crippen molar-refractivity contribution in [2.75, 3.05) is 19.7 Å². The van der Waals surface area contributed by atoms with E-state index in [1.807, 2.05) is 0 Å². The van der Waals surface area contributed by atoms with Crippen molar-refractivity contribution in [2.24, 2.45) is 29.4 Å². The van der Waals surface area contributed by atoms with Crippen molar-refractivity contribution in [3.63, 3.8) is 0 Å². The highest BCUT2D eigenvalue weighted by molar-refractivity contribution is 6.30. The van der Waals surface area contributed by atoms with Gasteiger partial charge in [0.2, 0.25) is 0 Å². The maximum absolute atomic E-state index is 11.9. The lowest BCUT2D eigenvalue weighted by atomic mass is 9.79. The van der Waals surface area contributed by atoms with Crippen LogP contribution >= 0.6 is 23.2 Å². The molecule has 3 aliphatic rings. The van der Waals surface area contributed by atoms with Crippen LogP contribution in [0.4, 0.5) is 0 Å². The molecule has 5 N–H and O–H groups in total. The SMILES string of the molecule is NC(C1CC(Cl)C(Cl)CC1O)C1[C@H]2CN(C(=O)[C@H](O)CO)C[C@@H]12. The second-order valence-corrected chi connectivity index (χ2v) is 8.28. The molecule has 1 heterocycles. The monoisotopic (exact) mass is 366 g/mol. The predicted octanol–water partition coefficient (Wildman–Crippen LogP) is -0.643. The summed E-state index contributed by atoms with van der Waals surface area (Å²) in [6, 6.07) is -0.148. The van der Waals surface area contributed by atoms with Crippen LogP contribution in [0.5, 0.6) is 0 Å². The van der Waals surface area contributed by atoms with Crippen LogP contribution in [0.1, 0.15) is 12.8 Å². The summed E-state index contributed by atoms with van der Waals surface area (Å²) in [5.74, 6) is 0.426. The maximum atomic E-state index is 11.9. The van der Waals surface area contributed by atoms with E-state index in [9.17, 15) is 15.0 Å². The molecule has 8 heteroatoms. The number of piperidine rings is 1. The molecule has 3 fully saturated rings. The molecule has 0 spiro atoms. The van der Waals surface area contributed by atoms with Gasteiger partial charge in [-0.2, -0.15) is 0 Å². The standard InChI is InChI=1S/C15H24Cl2N2O4/c16-9-1-6(11(21)2-10(9)17)14(18)13-7-3-19(4-8(7)13)15(23)12(22)5-20/h6-14,20-22H,1-5,18H2/t6?,7-,8+,9?,10?,11?,12-,13?,14?/m1/s1. The first-order chi connectivity index (χ1) is 10.8. The van der Waals surface area contributed by atoms with Crippen LogP contribution in [0.2, 0.25) is 0 Å². The highest BCUT2D eigenvalue weighted by atomic mass is 35.5. The highest BCUT2D eigenvalue weighted by Gasteiger charge is 2.60. The van der Waals surface area contributed by atoms with E-state index >= 15 is 0 Å². The normalized spacial score (nSPS) is 45.5. The number of likely N-dealkylation sites (tertiary alicyclic amines) is 1. The first kappa shape index (κ1) is 17.7. The maximum Gasteiger partial charge on any atom is 0.253 e. The Morgan fingerprint density at radius 3 is 2.35 bits per heavy atom. The minimum atomic E-state index is -1.34. The molecule has 6 nitrogen and oxygen atoms in total. The lowest BCUT2D eigenvalue weighted by Gasteiger charge is -2.38. The van der Waals surface area contributed by atoms with Gasteiger partial charge in [-0.1, -0.05) is 0 Å². The molecular weight excluding hydrogens is 343 g/mol. The summed E-state index contributed by atoms with van der Waals surface area (Å²) in [7, 11) is 0. The largest absolute Gasteiger partial charge is 0.393 e. The van der Waals surface area contributed by atoms with Crippen LogP contribution in [0.25, 0.3) is 0 Å². The molecular formula is C15H24Cl2N2O4. The number of hydrogen-bond acceptors (Lipinski definition) is 5. The van der Waals surface area contributed by atoms with Gasteiger partial charge in [-0.3, -0.25) is 4.79 Å². The van der Waals surface area contributed by atoms with Crippen LogP contribution < -0.4 is 5.73 Å². The summed E-state index contributed by atoms with van der Waals surface area (Å²) in [5, 5.41) is 28.2. The number of hydrogen-bond donors (Lipinski definition) is 4. The molecule has 1 amide bonds. The van der Waals surface area contributed by atoms with Gasteiger partial charge in [-0.25, -0.2) is 0 Å². The molecule has 0 radical (unpaired) electrons. The Morgan fingerprint density at radius 1 is 1.22 bits per heavy atom. The van der Waals surface area contributed by atoms with Crippen LogP contribution in [0.3, 0.4) is 0 Å². The van der Waals surface area contributed by atoms with Gasteiger partial charge in [0.05, 0.1) is 23.5 Å². The molecule has 6 unspecified atom stereocenters. The van der Waals surface area contributed by atoms with E-state index in [-0.39, 0.29) is 28.6 Å². The lowest BCUT2D eigenvalue weighted by molar-refractivity contribution is -0.141. The van der Waals surface area contributed by atoms with E-state index < -0.39 is 24.7 Å². The number of aliphatic hydroxyl groups is 3. The Balaban J connectivity index is 1.55. The van der Waals surface area contributed by atoms with Crippen LogP contribution in [-0.2, 0) is 4.79 Å². The highest BCUT2D eigenvalue weighted by Crippen LogP contribution is 2.55. The molecule has 1 aliphatic heterocycles. The van der Waals surface area contributed by atoms with Gasteiger partial charge in [-0.05, 0) is 30.6 Å². The number of amides is 1. The van der Waals surface area contributed by atoms with E-state index in [0.29, 0.717) is 37.8 Å². The first-order valence-corrected chi connectivity index (χ1v) is 9.02. The molecule has 2 aliphatic carbocycles. The van der Waals surface area contributed by atoms with Crippen molar-refractivity contribution in [1.29, 1.82) is 0 Å². The zero-order valence-electron chi connectivity index (χ0n) is 12.8. The summed E-state index contributed by atoms with van der Waals surface area (Å²) in [4.78, 5) is 13.5. The number of nitrogens with zero attached hydrogens (tertiary/aromatic N) is 1. The number of halogens is 2. The van der Waals surface area contributed by atoms with Crippen molar-refractivity contribution < 1.29 is 20.1 Å². The van der Waals surface area contributed by atoms with Crippen molar-refractivity contribution >= 4 is 29.1 Å². The molecule has 3 rings (SSSR count). The Bertz CT molecular complexity index is 457. The number of nitrogens with two attached hydrogens (primary N) is 1. The fourth-order valence-corrected chi connectivity index (χ4v) is 5.02. The van der Waals surface area contributed by atoms with Crippen molar-refractivity contribution in [2.45, 2.75) is 41.8 Å². The smallest absolute Gasteiger partial charge is 0.253 e. The zero-order chi connectivity index (χ0) is 16.9. The fourth-order valence-electron chi connectivity index (χ4n) is 4.43.